The highest BCUT2D eigenvalue weighted by molar-refractivity contribution is 5.33. The molecule has 0 heterocycles. The van der Waals surface area contributed by atoms with E-state index in [0.717, 1.165) is 22.6 Å². The summed E-state index contributed by atoms with van der Waals surface area (Å²) < 4.78 is 24.4. The second kappa shape index (κ2) is 10.6. The summed E-state index contributed by atoms with van der Waals surface area (Å²) in [4.78, 5) is 2.10. The van der Waals surface area contributed by atoms with Gasteiger partial charge in [-0.3, -0.25) is 4.90 Å². The van der Waals surface area contributed by atoms with E-state index >= 15 is 0 Å². The van der Waals surface area contributed by atoms with Crippen molar-refractivity contribution in [2.45, 2.75) is 19.2 Å². The Bertz CT molecular complexity index is 871. The molecule has 29 heavy (non-hydrogen) atoms. The molecular weight excluding hydrogens is 369 g/mol. The van der Waals surface area contributed by atoms with E-state index in [-0.39, 0.29) is 12.4 Å². The number of para-hydroxylation sites is 2. The van der Waals surface area contributed by atoms with Crippen molar-refractivity contribution >= 4 is 0 Å². The molecule has 0 fully saturated rings. The smallest absolute Gasteiger partial charge is 0.123 e. The van der Waals surface area contributed by atoms with Crippen molar-refractivity contribution < 1.29 is 19.0 Å². The fraction of sp³-hybridized carbons (Fsp3) is 0.250. The Labute approximate surface area is 171 Å². The van der Waals surface area contributed by atoms with Gasteiger partial charge in [0.05, 0.1) is 7.11 Å². The van der Waals surface area contributed by atoms with E-state index in [2.05, 4.69) is 4.90 Å². The van der Waals surface area contributed by atoms with Gasteiger partial charge in [-0.25, -0.2) is 4.39 Å². The first kappa shape index (κ1) is 20.8. The van der Waals surface area contributed by atoms with Crippen LogP contribution >= 0.6 is 0 Å². The van der Waals surface area contributed by atoms with Gasteiger partial charge in [-0.2, -0.15) is 0 Å². The highest BCUT2D eigenvalue weighted by Crippen LogP contribution is 2.21. The number of aliphatic hydroxyl groups excluding tert-OH is 1. The molecule has 0 aliphatic heterocycles. The largest absolute Gasteiger partial charge is 0.496 e. The van der Waals surface area contributed by atoms with Crippen LogP contribution in [-0.4, -0.2) is 36.4 Å². The molecule has 1 N–H and O–H groups in total. The molecule has 4 nitrogen and oxygen atoms in total. The molecule has 0 aliphatic carbocycles. The normalized spacial score (nSPS) is 12.0. The van der Waals surface area contributed by atoms with Crippen LogP contribution in [0.4, 0.5) is 4.39 Å². The second-order valence-corrected chi connectivity index (χ2v) is 6.89. The molecule has 0 unspecified atom stereocenters. The Morgan fingerprint density at radius 2 is 1.59 bits per heavy atom. The number of halogens is 1. The van der Waals surface area contributed by atoms with Crippen molar-refractivity contribution in [1.29, 1.82) is 0 Å². The van der Waals surface area contributed by atoms with Crippen molar-refractivity contribution in [2.24, 2.45) is 0 Å². The second-order valence-electron chi connectivity index (χ2n) is 6.89. The van der Waals surface area contributed by atoms with E-state index in [9.17, 15) is 9.50 Å². The van der Waals surface area contributed by atoms with Gasteiger partial charge in [-0.05, 0) is 35.9 Å². The minimum absolute atomic E-state index is 0.190. The van der Waals surface area contributed by atoms with Crippen LogP contribution in [0.3, 0.4) is 0 Å². The Kier molecular flexibility index (Phi) is 7.61. The molecule has 0 saturated carbocycles. The molecule has 3 aromatic carbocycles. The molecule has 152 valence electrons. The summed E-state index contributed by atoms with van der Waals surface area (Å²) in [5.74, 6) is 1.26. The first-order chi connectivity index (χ1) is 14.1. The molecule has 0 spiro atoms. The van der Waals surface area contributed by atoms with Crippen molar-refractivity contribution in [3.05, 3.63) is 95.8 Å². The molecule has 0 aliphatic rings. The molecule has 0 aromatic heterocycles. The fourth-order valence-corrected chi connectivity index (χ4v) is 3.17. The van der Waals surface area contributed by atoms with Gasteiger partial charge in [0.2, 0.25) is 0 Å². The summed E-state index contributed by atoms with van der Waals surface area (Å²) in [5, 5.41) is 10.5. The minimum atomic E-state index is -0.676. The molecule has 1 atom stereocenters. The number of aliphatic hydroxyl groups is 1. The lowest BCUT2D eigenvalue weighted by atomic mass is 10.1. The number of hydrogen-bond acceptors (Lipinski definition) is 4. The van der Waals surface area contributed by atoms with Gasteiger partial charge in [0, 0.05) is 25.2 Å². The molecular formula is C24H26FNO3. The van der Waals surface area contributed by atoms with Crippen LogP contribution in [0.2, 0.25) is 0 Å². The number of ether oxygens (including phenoxy) is 2. The van der Waals surface area contributed by atoms with E-state index < -0.39 is 6.10 Å². The summed E-state index contributed by atoms with van der Waals surface area (Å²) in [5.41, 5.74) is 1.99. The standard InChI is InChI=1S/C24H26FNO3/c1-28-24-10-6-5-7-20(24)16-26(15-19-11-13-21(25)14-12-19)17-22(27)18-29-23-8-3-2-4-9-23/h2-14,22,27H,15-18H2,1H3/t22-/m1/s1. The van der Waals surface area contributed by atoms with Gasteiger partial charge < -0.3 is 14.6 Å². The van der Waals surface area contributed by atoms with Gasteiger partial charge in [0.15, 0.2) is 0 Å². The average Bonchev–Trinajstić information content (AvgIpc) is 2.75. The summed E-state index contributed by atoms with van der Waals surface area (Å²) >= 11 is 0. The Balaban J connectivity index is 1.68. The monoisotopic (exact) mass is 395 g/mol. The predicted molar refractivity (Wildman–Crippen MR) is 111 cm³/mol. The lowest BCUT2D eigenvalue weighted by Crippen LogP contribution is -2.35. The third kappa shape index (κ3) is 6.59. The first-order valence-corrected chi connectivity index (χ1v) is 9.58. The zero-order chi connectivity index (χ0) is 20.5. The number of nitrogens with zero attached hydrogens (tertiary/aromatic N) is 1. The molecule has 0 saturated heterocycles. The number of hydrogen-bond donors (Lipinski definition) is 1. The minimum Gasteiger partial charge on any atom is -0.496 e. The lowest BCUT2D eigenvalue weighted by molar-refractivity contribution is 0.0626. The highest BCUT2D eigenvalue weighted by atomic mass is 19.1. The third-order valence-electron chi connectivity index (χ3n) is 4.56. The predicted octanol–water partition coefficient (Wildman–Crippen LogP) is 4.28. The Hall–Kier alpha value is -2.89. The quantitative estimate of drug-likeness (QED) is 0.557. The zero-order valence-electron chi connectivity index (χ0n) is 16.5. The molecule has 5 heteroatoms. The maximum Gasteiger partial charge on any atom is 0.123 e. The summed E-state index contributed by atoms with van der Waals surface area (Å²) in [7, 11) is 1.64. The van der Waals surface area contributed by atoms with E-state index in [1.807, 2.05) is 54.6 Å². The van der Waals surface area contributed by atoms with Crippen molar-refractivity contribution in [2.75, 3.05) is 20.3 Å². The fourth-order valence-electron chi connectivity index (χ4n) is 3.17. The topological polar surface area (TPSA) is 41.9 Å². The van der Waals surface area contributed by atoms with E-state index in [1.165, 1.54) is 12.1 Å². The summed E-state index contributed by atoms with van der Waals surface area (Å²) in [6.45, 7) is 1.75. The van der Waals surface area contributed by atoms with Gasteiger partial charge in [-0.15, -0.1) is 0 Å². The first-order valence-electron chi connectivity index (χ1n) is 9.58. The Morgan fingerprint density at radius 1 is 0.897 bits per heavy atom. The van der Waals surface area contributed by atoms with Crippen LogP contribution in [0.1, 0.15) is 11.1 Å². The van der Waals surface area contributed by atoms with Gasteiger partial charge in [0.1, 0.15) is 30.0 Å². The van der Waals surface area contributed by atoms with Crippen LogP contribution in [0, 0.1) is 5.82 Å². The van der Waals surface area contributed by atoms with Crippen molar-refractivity contribution in [3.8, 4) is 11.5 Å². The molecule has 3 rings (SSSR count). The summed E-state index contributed by atoms with van der Waals surface area (Å²) in [6.07, 6.45) is -0.676. The molecule has 0 amide bonds. The van der Waals surface area contributed by atoms with Crippen LogP contribution in [0.15, 0.2) is 78.9 Å². The van der Waals surface area contributed by atoms with Crippen LogP contribution < -0.4 is 9.47 Å². The summed E-state index contributed by atoms with van der Waals surface area (Å²) in [6, 6.07) is 23.7. The van der Waals surface area contributed by atoms with Gasteiger partial charge >= 0.3 is 0 Å². The lowest BCUT2D eigenvalue weighted by Gasteiger charge is -2.26. The maximum atomic E-state index is 13.3. The molecule has 0 radical (unpaired) electrons. The van der Waals surface area contributed by atoms with Gasteiger partial charge in [-0.1, -0.05) is 48.5 Å². The van der Waals surface area contributed by atoms with Crippen LogP contribution in [0.25, 0.3) is 0 Å². The van der Waals surface area contributed by atoms with Crippen molar-refractivity contribution in [1.82, 2.24) is 4.90 Å². The SMILES string of the molecule is COc1ccccc1CN(Cc1ccc(F)cc1)C[C@@H](O)COc1ccccc1. The zero-order valence-corrected chi connectivity index (χ0v) is 16.5. The average molecular weight is 395 g/mol. The number of methoxy groups -OCH3 is 1. The van der Waals surface area contributed by atoms with Crippen molar-refractivity contribution in [3.63, 3.8) is 0 Å². The Morgan fingerprint density at radius 3 is 2.31 bits per heavy atom. The van der Waals surface area contributed by atoms with Crippen LogP contribution in [0.5, 0.6) is 11.5 Å². The van der Waals surface area contributed by atoms with E-state index in [0.29, 0.717) is 19.6 Å². The maximum absolute atomic E-state index is 13.3. The van der Waals surface area contributed by atoms with Crippen LogP contribution in [-0.2, 0) is 13.1 Å². The van der Waals surface area contributed by atoms with Gasteiger partial charge in [0.25, 0.3) is 0 Å². The van der Waals surface area contributed by atoms with E-state index in [1.54, 1.807) is 19.2 Å². The number of benzene rings is 3. The third-order valence-corrected chi connectivity index (χ3v) is 4.56. The number of rotatable bonds is 10. The highest BCUT2D eigenvalue weighted by Gasteiger charge is 2.16. The van der Waals surface area contributed by atoms with E-state index in [4.69, 9.17) is 9.47 Å². The molecule has 0 bridgehead atoms. The molecule has 3 aromatic rings.